The van der Waals surface area contributed by atoms with E-state index >= 15 is 0 Å². The molecule has 0 aromatic carbocycles. The first-order chi connectivity index (χ1) is 5.40. The molecule has 0 aliphatic carbocycles. The first kappa shape index (κ1) is 12.6. The van der Waals surface area contributed by atoms with Gasteiger partial charge in [0.1, 0.15) is 5.54 Å². The smallest absolute Gasteiger partial charge is 0.326 e. The second-order valence-electron chi connectivity index (χ2n) is 3.21. The van der Waals surface area contributed by atoms with Crippen LogP contribution in [0.2, 0.25) is 0 Å². The van der Waals surface area contributed by atoms with Gasteiger partial charge in [0.2, 0.25) is 0 Å². The van der Waals surface area contributed by atoms with Gasteiger partial charge >= 0.3 is 5.97 Å². The predicted molar refractivity (Wildman–Crippen MR) is 45.2 cm³/mol. The monoisotopic (exact) mass is 215 g/mol. The Morgan fingerprint density at radius 2 is 2.08 bits per heavy atom. The maximum absolute atomic E-state index is 12.7. The number of alkyl halides is 2. The van der Waals surface area contributed by atoms with Crippen molar-refractivity contribution in [1.82, 2.24) is 5.32 Å². The summed E-state index contributed by atoms with van der Waals surface area (Å²) >= 11 is 0. The molecule has 1 rings (SSSR count). The highest BCUT2D eigenvalue weighted by atomic mass is 35.5. The lowest BCUT2D eigenvalue weighted by atomic mass is 9.99. The Morgan fingerprint density at radius 3 is 2.38 bits per heavy atom. The number of hydrogen-bond donors (Lipinski definition) is 1. The van der Waals surface area contributed by atoms with Crippen molar-refractivity contribution in [2.24, 2.45) is 0 Å². The second kappa shape index (κ2) is 3.75. The number of esters is 1. The van der Waals surface area contributed by atoms with E-state index in [1.165, 1.54) is 14.0 Å². The van der Waals surface area contributed by atoms with Crippen LogP contribution in [0, 0.1) is 0 Å². The molecule has 13 heavy (non-hydrogen) atoms. The van der Waals surface area contributed by atoms with E-state index in [1.807, 2.05) is 0 Å². The summed E-state index contributed by atoms with van der Waals surface area (Å²) in [5.41, 5.74) is -1.22. The third kappa shape index (κ3) is 2.51. The topological polar surface area (TPSA) is 38.3 Å². The van der Waals surface area contributed by atoms with Crippen LogP contribution in [0.1, 0.15) is 13.3 Å². The zero-order valence-corrected chi connectivity index (χ0v) is 8.21. The predicted octanol–water partition coefficient (Wildman–Crippen LogP) is 0.968. The van der Waals surface area contributed by atoms with Crippen LogP contribution < -0.4 is 5.32 Å². The molecule has 1 aliphatic heterocycles. The van der Waals surface area contributed by atoms with Gasteiger partial charge in [-0.25, -0.2) is 8.78 Å². The van der Waals surface area contributed by atoms with Crippen molar-refractivity contribution >= 4 is 18.4 Å². The summed E-state index contributed by atoms with van der Waals surface area (Å²) in [5.74, 6) is -3.44. The minimum absolute atomic E-state index is 0. The van der Waals surface area contributed by atoms with Crippen LogP contribution in [0.4, 0.5) is 8.78 Å². The van der Waals surface area contributed by atoms with Gasteiger partial charge in [-0.3, -0.25) is 10.1 Å². The lowest BCUT2D eigenvalue weighted by molar-refractivity contribution is -0.148. The van der Waals surface area contributed by atoms with Crippen LogP contribution in [0.15, 0.2) is 0 Å². The highest BCUT2D eigenvalue weighted by Gasteiger charge is 2.51. The minimum atomic E-state index is -2.80. The molecule has 0 aromatic rings. The first-order valence-corrected chi connectivity index (χ1v) is 3.61. The Kier molecular flexibility index (Phi) is 3.63. The number of halogens is 3. The molecule has 1 N–H and O–H groups in total. The number of rotatable bonds is 1. The summed E-state index contributed by atoms with van der Waals surface area (Å²) in [4.78, 5) is 11.0. The van der Waals surface area contributed by atoms with Gasteiger partial charge in [0.05, 0.1) is 13.7 Å². The van der Waals surface area contributed by atoms with Crippen molar-refractivity contribution in [2.75, 3.05) is 13.7 Å². The normalized spacial score (nSPS) is 30.8. The zero-order valence-electron chi connectivity index (χ0n) is 7.39. The van der Waals surface area contributed by atoms with Gasteiger partial charge in [-0.05, 0) is 6.92 Å². The summed E-state index contributed by atoms with van der Waals surface area (Å²) in [7, 11) is 1.19. The summed E-state index contributed by atoms with van der Waals surface area (Å²) in [6, 6.07) is 0. The molecule has 1 aliphatic rings. The van der Waals surface area contributed by atoms with Crippen LogP contribution in [-0.4, -0.2) is 31.1 Å². The molecule has 0 amide bonds. The molecule has 1 fully saturated rings. The maximum Gasteiger partial charge on any atom is 0.326 e. The standard InChI is InChI=1S/C7H11F2NO2.ClH/c1-6(5(11)12-2)3-7(8,9)4-10-6;/h10H,3-4H2,1-2H3;1H/t6-;/m1./s1. The van der Waals surface area contributed by atoms with E-state index in [9.17, 15) is 13.6 Å². The maximum atomic E-state index is 12.7. The average Bonchev–Trinajstić information content (AvgIpc) is 2.25. The highest BCUT2D eigenvalue weighted by Crippen LogP contribution is 2.32. The summed E-state index contributed by atoms with van der Waals surface area (Å²) in [6.45, 7) is 0.957. The Balaban J connectivity index is 0.00000144. The van der Waals surface area contributed by atoms with Gasteiger partial charge in [-0.2, -0.15) is 0 Å². The zero-order chi connectivity index (χ0) is 9.41. The third-order valence-corrected chi connectivity index (χ3v) is 1.99. The Labute approximate surface area is 81.2 Å². The van der Waals surface area contributed by atoms with Crippen molar-refractivity contribution in [3.8, 4) is 0 Å². The van der Waals surface area contributed by atoms with Crippen LogP contribution in [0.3, 0.4) is 0 Å². The van der Waals surface area contributed by atoms with E-state index in [4.69, 9.17) is 0 Å². The fourth-order valence-electron chi connectivity index (χ4n) is 1.34. The van der Waals surface area contributed by atoms with Crippen molar-refractivity contribution in [3.05, 3.63) is 0 Å². The SMILES string of the molecule is COC(=O)[C@@]1(C)CC(F)(F)CN1.Cl. The molecule has 6 heteroatoms. The van der Waals surface area contributed by atoms with Gasteiger partial charge in [0, 0.05) is 6.42 Å². The summed E-state index contributed by atoms with van der Waals surface area (Å²) in [5, 5.41) is 2.45. The quantitative estimate of drug-likeness (QED) is 0.663. The Hall–Kier alpha value is -0.420. The highest BCUT2D eigenvalue weighted by molar-refractivity contribution is 5.85. The molecule has 0 aromatic heterocycles. The van der Waals surface area contributed by atoms with Gasteiger partial charge in [-0.15, -0.1) is 12.4 Å². The van der Waals surface area contributed by atoms with Gasteiger partial charge in [-0.1, -0.05) is 0 Å². The number of methoxy groups -OCH3 is 1. The molecule has 1 atom stereocenters. The van der Waals surface area contributed by atoms with Crippen molar-refractivity contribution in [2.45, 2.75) is 24.8 Å². The van der Waals surface area contributed by atoms with E-state index in [0.717, 1.165) is 0 Å². The molecule has 1 saturated heterocycles. The molecule has 0 bridgehead atoms. The molecular weight excluding hydrogens is 204 g/mol. The fraction of sp³-hybridized carbons (Fsp3) is 0.857. The van der Waals surface area contributed by atoms with E-state index in [-0.39, 0.29) is 12.4 Å². The molecule has 1 heterocycles. The lowest BCUT2D eigenvalue weighted by Gasteiger charge is -2.19. The number of hydrogen-bond acceptors (Lipinski definition) is 3. The molecule has 0 unspecified atom stereocenters. The molecule has 3 nitrogen and oxygen atoms in total. The molecule has 0 spiro atoms. The molecule has 0 radical (unpaired) electrons. The minimum Gasteiger partial charge on any atom is -0.468 e. The van der Waals surface area contributed by atoms with E-state index in [0.29, 0.717) is 0 Å². The first-order valence-electron chi connectivity index (χ1n) is 3.61. The number of ether oxygens (including phenoxy) is 1. The van der Waals surface area contributed by atoms with Crippen LogP contribution in [-0.2, 0) is 9.53 Å². The molecular formula is C7H12ClF2NO2. The average molecular weight is 216 g/mol. The molecule has 78 valence electrons. The van der Waals surface area contributed by atoms with Crippen molar-refractivity contribution in [1.29, 1.82) is 0 Å². The van der Waals surface area contributed by atoms with Gasteiger partial charge in [0.15, 0.2) is 0 Å². The summed E-state index contributed by atoms with van der Waals surface area (Å²) < 4.78 is 29.7. The Bertz CT molecular complexity index is 213. The van der Waals surface area contributed by atoms with Crippen molar-refractivity contribution in [3.63, 3.8) is 0 Å². The lowest BCUT2D eigenvalue weighted by Crippen LogP contribution is -2.45. The second-order valence-corrected chi connectivity index (χ2v) is 3.21. The van der Waals surface area contributed by atoms with Gasteiger partial charge in [0.25, 0.3) is 5.92 Å². The Morgan fingerprint density at radius 1 is 1.54 bits per heavy atom. The number of carbonyl (C=O) groups excluding carboxylic acids is 1. The van der Waals surface area contributed by atoms with Crippen molar-refractivity contribution < 1.29 is 18.3 Å². The molecule has 0 saturated carbocycles. The van der Waals surface area contributed by atoms with Crippen LogP contribution in [0.5, 0.6) is 0 Å². The number of carbonyl (C=O) groups is 1. The van der Waals surface area contributed by atoms with Crippen LogP contribution >= 0.6 is 12.4 Å². The fourth-order valence-corrected chi connectivity index (χ4v) is 1.34. The number of nitrogens with one attached hydrogen (secondary N) is 1. The summed E-state index contributed by atoms with van der Waals surface area (Å²) in [6.07, 6.45) is -0.493. The largest absolute Gasteiger partial charge is 0.468 e. The van der Waals surface area contributed by atoms with Gasteiger partial charge < -0.3 is 4.74 Å². The van der Waals surface area contributed by atoms with E-state index < -0.39 is 30.4 Å². The van der Waals surface area contributed by atoms with Crippen LogP contribution in [0.25, 0.3) is 0 Å². The van der Waals surface area contributed by atoms with E-state index in [2.05, 4.69) is 10.1 Å². The third-order valence-electron chi connectivity index (χ3n) is 1.99. The van der Waals surface area contributed by atoms with E-state index in [1.54, 1.807) is 0 Å².